The van der Waals surface area contributed by atoms with E-state index in [1.807, 2.05) is 38.3 Å². The van der Waals surface area contributed by atoms with Gasteiger partial charge in [0.05, 0.1) is 5.56 Å². The number of nitrogens with one attached hydrogen (secondary N) is 1. The summed E-state index contributed by atoms with van der Waals surface area (Å²) in [6.45, 7) is 3.93. The summed E-state index contributed by atoms with van der Waals surface area (Å²) in [6, 6.07) is 3.13. The number of nitrogens with zero attached hydrogens (tertiary/aromatic N) is 3. The van der Waals surface area contributed by atoms with E-state index in [1.54, 1.807) is 13.0 Å². The van der Waals surface area contributed by atoms with E-state index >= 15 is 0 Å². The zero-order valence-electron chi connectivity index (χ0n) is 19.2. The topological polar surface area (TPSA) is 101 Å². The van der Waals surface area contributed by atoms with Crippen LogP contribution in [0.5, 0.6) is 0 Å². The van der Waals surface area contributed by atoms with Gasteiger partial charge in [-0.25, -0.2) is 14.4 Å². The molecule has 2 unspecified atom stereocenters. The van der Waals surface area contributed by atoms with E-state index in [9.17, 15) is 14.0 Å². The third-order valence-corrected chi connectivity index (χ3v) is 6.31. The fourth-order valence-electron chi connectivity index (χ4n) is 3.98. The predicted molar refractivity (Wildman–Crippen MR) is 121 cm³/mol. The van der Waals surface area contributed by atoms with Crippen LogP contribution < -0.4 is 11.1 Å². The Morgan fingerprint density at radius 3 is 2.44 bits per heavy atom. The molecule has 32 heavy (non-hydrogen) atoms. The van der Waals surface area contributed by atoms with Crippen LogP contribution in [0.2, 0.25) is 0 Å². The molecule has 2 atom stereocenters. The van der Waals surface area contributed by atoms with E-state index in [-0.39, 0.29) is 23.4 Å². The van der Waals surface area contributed by atoms with Gasteiger partial charge in [0.1, 0.15) is 11.6 Å². The highest BCUT2D eigenvalue weighted by atomic mass is 19.1. The normalized spacial score (nSPS) is 15.4. The molecule has 0 saturated heterocycles. The molecule has 2 aromatic rings. The van der Waals surface area contributed by atoms with Gasteiger partial charge in [-0.3, -0.25) is 9.59 Å². The molecule has 1 fully saturated rings. The van der Waals surface area contributed by atoms with Crippen molar-refractivity contribution in [2.45, 2.75) is 51.5 Å². The average molecular weight is 442 g/mol. The summed E-state index contributed by atoms with van der Waals surface area (Å²) in [5, 5.41) is 3.05. The molecule has 1 aromatic carbocycles. The zero-order valence-corrected chi connectivity index (χ0v) is 19.2. The molecule has 0 bridgehead atoms. The molecule has 3 N–H and O–H groups in total. The smallest absolute Gasteiger partial charge is 0.251 e. The van der Waals surface area contributed by atoms with E-state index in [4.69, 9.17) is 5.73 Å². The summed E-state index contributed by atoms with van der Waals surface area (Å²) in [6.07, 6.45) is 6.84. The Kier molecular flexibility index (Phi) is 7.56. The molecule has 1 aromatic heterocycles. The quantitative estimate of drug-likeness (QED) is 0.590. The van der Waals surface area contributed by atoms with Crippen molar-refractivity contribution in [2.75, 3.05) is 20.6 Å². The van der Waals surface area contributed by atoms with Gasteiger partial charge >= 0.3 is 0 Å². The van der Waals surface area contributed by atoms with Crippen LogP contribution >= 0.6 is 0 Å². The molecule has 172 valence electrons. The fraction of sp³-hybridized carbons (Fsp3) is 0.500. The third kappa shape index (κ3) is 5.88. The minimum Gasteiger partial charge on any atom is -0.366 e. The lowest BCUT2D eigenvalue weighted by atomic mass is 9.92. The third-order valence-electron chi connectivity index (χ3n) is 6.31. The molecule has 0 radical (unpaired) electrons. The van der Waals surface area contributed by atoms with Crippen LogP contribution in [-0.4, -0.2) is 53.4 Å². The van der Waals surface area contributed by atoms with E-state index in [2.05, 4.69) is 15.3 Å². The highest BCUT2D eigenvalue weighted by Crippen LogP contribution is 2.44. The number of rotatable bonds is 10. The number of likely N-dealkylation sites (N-methyl/N-ethyl adjacent to an activating group) is 1. The lowest BCUT2D eigenvalue weighted by molar-refractivity contribution is -0.121. The van der Waals surface area contributed by atoms with E-state index in [1.165, 1.54) is 6.07 Å². The summed E-state index contributed by atoms with van der Waals surface area (Å²) in [7, 11) is 3.86. The van der Waals surface area contributed by atoms with E-state index in [0.29, 0.717) is 30.9 Å². The largest absolute Gasteiger partial charge is 0.366 e. The summed E-state index contributed by atoms with van der Waals surface area (Å²) >= 11 is 0. The van der Waals surface area contributed by atoms with E-state index in [0.717, 1.165) is 29.8 Å². The van der Waals surface area contributed by atoms with E-state index < -0.39 is 11.7 Å². The number of primary amides is 1. The van der Waals surface area contributed by atoms with Gasteiger partial charge in [-0.05, 0) is 81.8 Å². The molecule has 2 amide bonds. The van der Waals surface area contributed by atoms with Crippen molar-refractivity contribution >= 4 is 11.8 Å². The van der Waals surface area contributed by atoms with Crippen molar-refractivity contribution in [3.05, 3.63) is 58.4 Å². The summed E-state index contributed by atoms with van der Waals surface area (Å²) < 4.78 is 14.5. The van der Waals surface area contributed by atoms with Gasteiger partial charge in [-0.15, -0.1) is 0 Å². The van der Waals surface area contributed by atoms with Gasteiger partial charge in [0.25, 0.3) is 5.91 Å². The molecular weight excluding hydrogens is 409 g/mol. The maximum absolute atomic E-state index is 14.5. The second-order valence-corrected chi connectivity index (χ2v) is 8.91. The second kappa shape index (κ2) is 10.2. The molecule has 1 aliphatic rings. The number of nitrogens with two attached hydrogens (primary N) is 1. The molecule has 0 spiro atoms. The van der Waals surface area contributed by atoms with Crippen LogP contribution in [0.15, 0.2) is 24.5 Å². The Morgan fingerprint density at radius 2 is 1.88 bits per heavy atom. The van der Waals surface area contributed by atoms with Gasteiger partial charge in [0, 0.05) is 31.4 Å². The van der Waals surface area contributed by atoms with Crippen LogP contribution in [0, 0.1) is 25.6 Å². The van der Waals surface area contributed by atoms with Gasteiger partial charge in [-0.1, -0.05) is 6.07 Å². The number of carbonyl (C=O) groups excluding carboxylic acids is 2. The van der Waals surface area contributed by atoms with Crippen LogP contribution in [0.1, 0.15) is 58.1 Å². The number of halogens is 1. The van der Waals surface area contributed by atoms with Crippen LogP contribution in [0.3, 0.4) is 0 Å². The van der Waals surface area contributed by atoms with Gasteiger partial charge in [0.2, 0.25) is 5.91 Å². The van der Waals surface area contributed by atoms with Gasteiger partial charge in [-0.2, -0.15) is 0 Å². The van der Waals surface area contributed by atoms with Crippen molar-refractivity contribution < 1.29 is 14.0 Å². The number of benzene rings is 1. The molecule has 0 aliphatic heterocycles. The maximum Gasteiger partial charge on any atom is 0.251 e. The predicted octanol–water partition coefficient (Wildman–Crippen LogP) is 2.50. The lowest BCUT2D eigenvalue weighted by Gasteiger charge is -2.26. The molecule has 1 aliphatic carbocycles. The molecule has 8 heteroatoms. The summed E-state index contributed by atoms with van der Waals surface area (Å²) in [4.78, 5) is 34.7. The van der Waals surface area contributed by atoms with Crippen LogP contribution in [0.4, 0.5) is 4.39 Å². The van der Waals surface area contributed by atoms with Crippen LogP contribution in [-0.2, 0) is 11.2 Å². The second-order valence-electron chi connectivity index (χ2n) is 8.91. The first kappa shape index (κ1) is 23.8. The fourth-order valence-corrected chi connectivity index (χ4v) is 3.98. The van der Waals surface area contributed by atoms with Crippen molar-refractivity contribution in [1.82, 2.24) is 20.2 Å². The first-order valence-electron chi connectivity index (χ1n) is 11.0. The number of carbonyl (C=O) groups is 2. The average Bonchev–Trinajstić information content (AvgIpc) is 3.57. The monoisotopic (exact) mass is 441 g/mol. The van der Waals surface area contributed by atoms with Crippen molar-refractivity contribution in [3.8, 4) is 0 Å². The molecule has 7 nitrogen and oxygen atoms in total. The molecular formula is C24H32FN5O2. The molecule has 1 saturated carbocycles. The van der Waals surface area contributed by atoms with Crippen molar-refractivity contribution in [3.63, 3.8) is 0 Å². The minimum absolute atomic E-state index is 0.0127. The number of amides is 2. The number of aromatic nitrogens is 2. The number of hydrogen-bond donors (Lipinski definition) is 2. The first-order valence-corrected chi connectivity index (χ1v) is 11.0. The first-order chi connectivity index (χ1) is 15.2. The highest BCUT2D eigenvalue weighted by molar-refractivity contribution is 5.93. The number of hydrogen-bond acceptors (Lipinski definition) is 5. The maximum atomic E-state index is 14.5. The molecule has 1 heterocycles. The standard InChI is InChI=1S/C24H32FN5O2/c1-14-17(7-8-20(23(14)25)24(26)32)9-19(30(3)4)13-29-22(31)10-21(16-5-6-16)18-11-27-15(2)28-12-18/h7-8,11-12,16,19,21H,5-6,9-10,13H2,1-4H3,(H2,26,32)(H,29,31). The Bertz CT molecular complexity index is 973. The van der Waals surface area contributed by atoms with Gasteiger partial charge < -0.3 is 16.0 Å². The minimum atomic E-state index is -0.780. The Labute approximate surface area is 188 Å². The SMILES string of the molecule is Cc1ncc(C(CC(=O)NCC(Cc2ccc(C(N)=O)c(F)c2C)N(C)C)C2CC2)cn1. The summed E-state index contributed by atoms with van der Waals surface area (Å²) in [5.41, 5.74) is 7.34. The van der Waals surface area contributed by atoms with Gasteiger partial charge in [0.15, 0.2) is 0 Å². The van der Waals surface area contributed by atoms with Crippen molar-refractivity contribution in [1.29, 1.82) is 0 Å². The Balaban J connectivity index is 1.63. The number of aryl methyl sites for hydroxylation is 1. The zero-order chi connectivity index (χ0) is 23.4. The Morgan fingerprint density at radius 1 is 1.22 bits per heavy atom. The summed E-state index contributed by atoms with van der Waals surface area (Å²) in [5.74, 6) is -0.0162. The lowest BCUT2D eigenvalue weighted by Crippen LogP contribution is -2.42. The highest BCUT2D eigenvalue weighted by Gasteiger charge is 2.34. The Hall–Kier alpha value is -2.87. The van der Waals surface area contributed by atoms with Crippen LogP contribution in [0.25, 0.3) is 0 Å². The van der Waals surface area contributed by atoms with Crippen molar-refractivity contribution in [2.24, 2.45) is 11.7 Å². The molecule has 3 rings (SSSR count).